The summed E-state index contributed by atoms with van der Waals surface area (Å²) >= 11 is 0. The molecule has 1 aromatic heterocycles. The maximum absolute atomic E-state index is 4.57. The number of piperidine rings is 1. The number of aliphatic imine (C=N–C) groups is 2. The van der Waals surface area contributed by atoms with E-state index < -0.39 is 0 Å². The zero-order valence-corrected chi connectivity index (χ0v) is 13.8. The van der Waals surface area contributed by atoms with Crippen LogP contribution in [0.15, 0.2) is 22.2 Å². The number of amidine groups is 1. The molecule has 1 N–H and O–H groups in total. The Morgan fingerprint density at radius 2 is 2.23 bits per heavy atom. The van der Waals surface area contributed by atoms with Crippen molar-refractivity contribution in [2.45, 2.75) is 37.6 Å². The molecule has 1 atom stereocenters. The fourth-order valence-electron chi connectivity index (χ4n) is 4.01. The van der Waals surface area contributed by atoms with Gasteiger partial charge in [0.2, 0.25) is 0 Å². The van der Waals surface area contributed by atoms with Gasteiger partial charge in [0.15, 0.2) is 0 Å². The second-order valence-electron chi connectivity index (χ2n) is 6.60. The minimum absolute atomic E-state index is 0.367. The first-order valence-electron chi connectivity index (χ1n) is 8.23. The number of hydrogen-bond donors (Lipinski definition) is 1. The van der Waals surface area contributed by atoms with Crippen molar-refractivity contribution in [2.75, 3.05) is 33.7 Å². The minimum Gasteiger partial charge on any atom is -0.358 e. The quantitative estimate of drug-likeness (QED) is 0.689. The maximum atomic E-state index is 4.57. The maximum Gasteiger partial charge on any atom is 0.132 e. The van der Waals surface area contributed by atoms with E-state index in [1.165, 1.54) is 43.6 Å². The van der Waals surface area contributed by atoms with Gasteiger partial charge in [-0.3, -0.25) is 9.89 Å². The van der Waals surface area contributed by atoms with Gasteiger partial charge in [-0.15, -0.1) is 0 Å². The van der Waals surface area contributed by atoms with Crippen LogP contribution in [0.4, 0.5) is 5.82 Å². The number of aromatic amines is 1. The number of nitrogens with one attached hydrogen (secondary N) is 1. The van der Waals surface area contributed by atoms with Crippen LogP contribution in [0, 0.1) is 0 Å². The first kappa shape index (κ1) is 15.3. The molecule has 2 aliphatic heterocycles. The lowest BCUT2D eigenvalue weighted by atomic mass is 9.86. The van der Waals surface area contributed by atoms with Gasteiger partial charge < -0.3 is 9.88 Å². The van der Waals surface area contributed by atoms with Crippen LogP contribution in [0.2, 0.25) is 0 Å². The SMILES string of the molecule is C=Nc1[nH]ccc1C/C(=N\C)N1CCC2(CCCCN2C)C1. The van der Waals surface area contributed by atoms with Gasteiger partial charge in [0.25, 0.3) is 0 Å². The molecular formula is C17H27N5. The number of likely N-dealkylation sites (tertiary alicyclic amines) is 2. The van der Waals surface area contributed by atoms with Crippen molar-refractivity contribution in [3.05, 3.63) is 17.8 Å². The summed E-state index contributed by atoms with van der Waals surface area (Å²) in [5, 5.41) is 0. The van der Waals surface area contributed by atoms with E-state index in [1.54, 1.807) is 0 Å². The summed E-state index contributed by atoms with van der Waals surface area (Å²) in [4.78, 5) is 16.8. The van der Waals surface area contributed by atoms with E-state index in [9.17, 15) is 0 Å². The number of nitrogens with zero attached hydrogens (tertiary/aromatic N) is 4. The summed E-state index contributed by atoms with van der Waals surface area (Å²) in [6, 6.07) is 2.08. The number of aromatic nitrogens is 1. The molecule has 22 heavy (non-hydrogen) atoms. The zero-order chi connectivity index (χ0) is 15.6. The minimum atomic E-state index is 0.367. The lowest BCUT2D eigenvalue weighted by Gasteiger charge is -2.42. The van der Waals surface area contributed by atoms with Gasteiger partial charge in [0.05, 0.1) is 0 Å². The molecule has 1 aromatic rings. The van der Waals surface area contributed by atoms with Crippen LogP contribution in [-0.2, 0) is 6.42 Å². The van der Waals surface area contributed by atoms with Crippen LogP contribution in [0.25, 0.3) is 0 Å². The molecule has 5 nitrogen and oxygen atoms in total. The van der Waals surface area contributed by atoms with Crippen molar-refractivity contribution in [1.82, 2.24) is 14.8 Å². The third-order valence-corrected chi connectivity index (χ3v) is 5.47. The third kappa shape index (κ3) is 2.70. The molecule has 0 aromatic carbocycles. The summed E-state index contributed by atoms with van der Waals surface area (Å²) in [6.45, 7) is 7.08. The standard InChI is InChI=1S/C17H27N5/c1-18-15(12-14-6-9-20-16(14)19-2)22-11-8-17(13-22)7-4-5-10-21(17)3/h6,9,20H,2,4-5,7-8,10-13H2,1,3H3/b18-15+. The predicted octanol–water partition coefficient (Wildman–Crippen LogP) is 2.48. The Morgan fingerprint density at radius 3 is 2.95 bits per heavy atom. The molecule has 120 valence electrons. The second-order valence-corrected chi connectivity index (χ2v) is 6.60. The van der Waals surface area contributed by atoms with Crippen molar-refractivity contribution in [2.24, 2.45) is 9.98 Å². The largest absolute Gasteiger partial charge is 0.358 e. The highest BCUT2D eigenvalue weighted by molar-refractivity contribution is 5.86. The fraction of sp³-hybridized carbons (Fsp3) is 0.647. The molecule has 1 spiro atoms. The molecule has 5 heteroatoms. The fourth-order valence-corrected chi connectivity index (χ4v) is 4.01. The molecule has 0 saturated carbocycles. The average molecular weight is 301 g/mol. The van der Waals surface area contributed by atoms with E-state index in [0.29, 0.717) is 5.54 Å². The third-order valence-electron chi connectivity index (χ3n) is 5.47. The molecule has 2 fully saturated rings. The summed E-state index contributed by atoms with van der Waals surface area (Å²) in [7, 11) is 4.19. The first-order chi connectivity index (χ1) is 10.7. The van der Waals surface area contributed by atoms with Crippen molar-refractivity contribution < 1.29 is 0 Å². The average Bonchev–Trinajstić information content (AvgIpc) is 3.15. The van der Waals surface area contributed by atoms with Gasteiger partial charge in [0, 0.05) is 43.9 Å². The summed E-state index contributed by atoms with van der Waals surface area (Å²) < 4.78 is 0. The normalized spacial score (nSPS) is 26.8. The highest BCUT2D eigenvalue weighted by Gasteiger charge is 2.43. The molecule has 3 rings (SSSR count). The molecule has 2 saturated heterocycles. The van der Waals surface area contributed by atoms with E-state index in [1.807, 2.05) is 13.2 Å². The molecule has 0 radical (unpaired) electrons. The number of H-pyrrole nitrogens is 1. The Labute approximate surface area is 133 Å². The predicted molar refractivity (Wildman–Crippen MR) is 92.5 cm³/mol. The van der Waals surface area contributed by atoms with Crippen molar-refractivity contribution in [3.63, 3.8) is 0 Å². The van der Waals surface area contributed by atoms with Crippen LogP contribution in [0.1, 0.15) is 31.2 Å². The Hall–Kier alpha value is -1.62. The van der Waals surface area contributed by atoms with Crippen LogP contribution < -0.4 is 0 Å². The van der Waals surface area contributed by atoms with E-state index in [0.717, 1.165) is 25.3 Å². The van der Waals surface area contributed by atoms with E-state index in [2.05, 4.69) is 44.6 Å². The van der Waals surface area contributed by atoms with Crippen molar-refractivity contribution in [1.29, 1.82) is 0 Å². The van der Waals surface area contributed by atoms with E-state index in [4.69, 9.17) is 0 Å². The van der Waals surface area contributed by atoms with Crippen LogP contribution in [0.3, 0.4) is 0 Å². The Balaban J connectivity index is 1.72. The van der Waals surface area contributed by atoms with Crippen LogP contribution >= 0.6 is 0 Å². The van der Waals surface area contributed by atoms with Crippen molar-refractivity contribution in [3.8, 4) is 0 Å². The summed E-state index contributed by atoms with van der Waals surface area (Å²) in [5.74, 6) is 2.03. The zero-order valence-electron chi connectivity index (χ0n) is 13.8. The molecule has 0 bridgehead atoms. The highest BCUT2D eigenvalue weighted by atomic mass is 15.3. The van der Waals surface area contributed by atoms with Gasteiger partial charge in [-0.05, 0) is 45.6 Å². The van der Waals surface area contributed by atoms with Crippen LogP contribution in [-0.4, -0.2) is 66.6 Å². The first-order valence-corrected chi connectivity index (χ1v) is 8.23. The van der Waals surface area contributed by atoms with Gasteiger partial charge >= 0.3 is 0 Å². The molecule has 3 heterocycles. The van der Waals surface area contributed by atoms with Gasteiger partial charge in [0.1, 0.15) is 11.7 Å². The Morgan fingerprint density at radius 1 is 1.36 bits per heavy atom. The molecule has 0 amide bonds. The molecular weight excluding hydrogens is 274 g/mol. The number of likely N-dealkylation sites (N-methyl/N-ethyl adjacent to an activating group) is 1. The van der Waals surface area contributed by atoms with E-state index in [-0.39, 0.29) is 0 Å². The molecule has 0 aliphatic carbocycles. The lowest BCUT2D eigenvalue weighted by Crippen LogP contribution is -2.51. The highest BCUT2D eigenvalue weighted by Crippen LogP contribution is 2.36. The summed E-state index contributed by atoms with van der Waals surface area (Å²) in [6.07, 6.45) is 8.02. The Kier molecular flexibility index (Phi) is 4.34. The monoisotopic (exact) mass is 301 g/mol. The van der Waals surface area contributed by atoms with E-state index >= 15 is 0 Å². The molecule has 1 unspecified atom stereocenters. The topological polar surface area (TPSA) is 47.0 Å². The summed E-state index contributed by atoms with van der Waals surface area (Å²) in [5.41, 5.74) is 1.54. The van der Waals surface area contributed by atoms with Gasteiger partial charge in [-0.1, -0.05) is 6.42 Å². The number of rotatable bonds is 3. The lowest BCUT2D eigenvalue weighted by molar-refractivity contribution is 0.0852. The van der Waals surface area contributed by atoms with Crippen molar-refractivity contribution >= 4 is 18.4 Å². The molecule has 2 aliphatic rings. The smallest absolute Gasteiger partial charge is 0.132 e. The Bertz CT molecular complexity index is 561. The van der Waals surface area contributed by atoms with Crippen LogP contribution in [0.5, 0.6) is 0 Å². The second kappa shape index (κ2) is 6.24. The number of hydrogen-bond acceptors (Lipinski definition) is 3. The van der Waals surface area contributed by atoms with Gasteiger partial charge in [-0.25, -0.2) is 4.99 Å². The van der Waals surface area contributed by atoms with Gasteiger partial charge in [-0.2, -0.15) is 0 Å².